The summed E-state index contributed by atoms with van der Waals surface area (Å²) in [4.78, 5) is 10.00. The summed E-state index contributed by atoms with van der Waals surface area (Å²) < 4.78 is 4.85. The van der Waals surface area contributed by atoms with Crippen LogP contribution in [0.3, 0.4) is 0 Å². The summed E-state index contributed by atoms with van der Waals surface area (Å²) >= 11 is 3.94. The molecule has 0 heterocycles. The van der Waals surface area contributed by atoms with Crippen LogP contribution in [0.15, 0.2) is 17.0 Å². The lowest BCUT2D eigenvalue weighted by Gasteiger charge is -2.05. The molecular formula is C8H6N2O3S. The Morgan fingerprint density at radius 1 is 1.64 bits per heavy atom. The van der Waals surface area contributed by atoms with Gasteiger partial charge < -0.3 is 4.74 Å². The number of nitro benzene ring substituents is 1. The standard InChI is InChI=1S/C8H6N2O3S/c1-13-7-5(4-9)2-3-6(8(7)14)10(11)12/h2-3,14H,1H3. The first-order chi connectivity index (χ1) is 6.61. The van der Waals surface area contributed by atoms with Gasteiger partial charge >= 0.3 is 0 Å². The van der Waals surface area contributed by atoms with Crippen LogP contribution in [0.5, 0.6) is 5.75 Å². The Hall–Kier alpha value is -1.74. The maximum absolute atomic E-state index is 10.5. The molecule has 0 spiro atoms. The van der Waals surface area contributed by atoms with Gasteiger partial charge in [-0.15, -0.1) is 12.6 Å². The molecule has 0 aliphatic carbocycles. The smallest absolute Gasteiger partial charge is 0.286 e. The van der Waals surface area contributed by atoms with Crippen LogP contribution < -0.4 is 4.74 Å². The fourth-order valence-electron chi connectivity index (χ4n) is 1.00. The molecule has 0 fully saturated rings. The lowest BCUT2D eigenvalue weighted by molar-refractivity contribution is -0.387. The van der Waals surface area contributed by atoms with Crippen LogP contribution in [0.1, 0.15) is 5.56 Å². The zero-order chi connectivity index (χ0) is 10.7. The molecular weight excluding hydrogens is 204 g/mol. The summed E-state index contributed by atoms with van der Waals surface area (Å²) in [5.41, 5.74) is 0.0484. The Bertz CT molecular complexity index is 425. The highest BCUT2D eigenvalue weighted by Gasteiger charge is 2.18. The van der Waals surface area contributed by atoms with Gasteiger partial charge in [0.15, 0.2) is 5.75 Å². The van der Waals surface area contributed by atoms with Crippen molar-refractivity contribution in [1.82, 2.24) is 0 Å². The third-order valence-corrected chi connectivity index (χ3v) is 2.06. The number of thiol groups is 1. The number of nitrogens with zero attached hydrogens (tertiary/aromatic N) is 2. The fourth-order valence-corrected chi connectivity index (χ4v) is 1.37. The molecule has 72 valence electrons. The minimum absolute atomic E-state index is 0.0663. The number of hydrogen-bond acceptors (Lipinski definition) is 5. The van der Waals surface area contributed by atoms with Gasteiger partial charge in [0.05, 0.1) is 17.6 Å². The Kier molecular flexibility index (Phi) is 2.94. The predicted octanol–water partition coefficient (Wildman–Crippen LogP) is 1.76. The van der Waals surface area contributed by atoms with Crippen LogP contribution >= 0.6 is 12.6 Å². The van der Waals surface area contributed by atoms with E-state index in [1.165, 1.54) is 19.2 Å². The van der Waals surface area contributed by atoms with Crippen molar-refractivity contribution in [2.24, 2.45) is 0 Å². The molecule has 0 amide bonds. The second-order valence-corrected chi connectivity index (χ2v) is 2.83. The van der Waals surface area contributed by atoms with Crippen molar-refractivity contribution in [3.63, 3.8) is 0 Å². The minimum atomic E-state index is -0.577. The van der Waals surface area contributed by atoms with E-state index in [9.17, 15) is 10.1 Å². The van der Waals surface area contributed by atoms with Crippen LogP contribution in [0.2, 0.25) is 0 Å². The van der Waals surface area contributed by atoms with Gasteiger partial charge in [0.1, 0.15) is 11.0 Å². The zero-order valence-corrected chi connectivity index (χ0v) is 8.12. The Labute approximate surface area is 85.5 Å². The van der Waals surface area contributed by atoms with Crippen molar-refractivity contribution in [2.45, 2.75) is 4.90 Å². The molecule has 1 aromatic carbocycles. The molecule has 1 aromatic rings. The second kappa shape index (κ2) is 3.98. The number of methoxy groups -OCH3 is 1. The lowest BCUT2D eigenvalue weighted by Crippen LogP contribution is -1.95. The summed E-state index contributed by atoms with van der Waals surface area (Å²) in [6, 6.07) is 4.41. The largest absolute Gasteiger partial charge is 0.494 e. The molecule has 6 heteroatoms. The van der Waals surface area contributed by atoms with E-state index in [1.54, 1.807) is 0 Å². The van der Waals surface area contributed by atoms with Crippen molar-refractivity contribution in [2.75, 3.05) is 7.11 Å². The first-order valence-corrected chi connectivity index (χ1v) is 4.01. The van der Waals surface area contributed by atoms with E-state index in [2.05, 4.69) is 12.6 Å². The highest BCUT2D eigenvalue weighted by atomic mass is 32.1. The molecule has 0 radical (unpaired) electrons. The summed E-state index contributed by atoms with van der Waals surface area (Å²) in [6.45, 7) is 0. The highest BCUT2D eigenvalue weighted by Crippen LogP contribution is 2.34. The maximum atomic E-state index is 10.5. The molecule has 1 rings (SSSR count). The van der Waals surface area contributed by atoms with E-state index >= 15 is 0 Å². The quantitative estimate of drug-likeness (QED) is 0.458. The van der Waals surface area contributed by atoms with Gasteiger partial charge in [0, 0.05) is 6.07 Å². The van der Waals surface area contributed by atoms with Gasteiger partial charge in [0.2, 0.25) is 0 Å². The van der Waals surface area contributed by atoms with Gasteiger partial charge in [0.25, 0.3) is 5.69 Å². The third kappa shape index (κ3) is 1.63. The van der Waals surface area contributed by atoms with Gasteiger partial charge in [-0.2, -0.15) is 5.26 Å². The van der Waals surface area contributed by atoms with Gasteiger partial charge in [-0.3, -0.25) is 10.1 Å². The average Bonchev–Trinajstić information content (AvgIpc) is 2.16. The van der Waals surface area contributed by atoms with Crippen LogP contribution in [0.25, 0.3) is 0 Å². The van der Waals surface area contributed by atoms with Crippen LogP contribution in [-0.2, 0) is 0 Å². The molecule has 0 saturated heterocycles. The highest BCUT2D eigenvalue weighted by molar-refractivity contribution is 7.80. The van der Waals surface area contributed by atoms with Crippen molar-refractivity contribution in [3.8, 4) is 11.8 Å². The SMILES string of the molecule is COc1c(C#N)ccc([N+](=O)[O-])c1S. The normalized spacial score (nSPS) is 9.21. The Morgan fingerprint density at radius 2 is 2.29 bits per heavy atom. The molecule has 0 aromatic heterocycles. The molecule has 0 aliphatic rings. The third-order valence-electron chi connectivity index (χ3n) is 1.63. The second-order valence-electron chi connectivity index (χ2n) is 2.38. The minimum Gasteiger partial charge on any atom is -0.494 e. The van der Waals surface area contributed by atoms with E-state index in [-0.39, 0.29) is 21.9 Å². The Balaban J connectivity index is 3.44. The molecule has 0 N–H and O–H groups in total. The molecule has 0 aliphatic heterocycles. The van der Waals surface area contributed by atoms with Crippen molar-refractivity contribution >= 4 is 18.3 Å². The number of hydrogen-bond donors (Lipinski definition) is 1. The topological polar surface area (TPSA) is 76.2 Å². The summed E-state index contributed by atoms with van der Waals surface area (Å²) in [6.07, 6.45) is 0. The van der Waals surface area contributed by atoms with Gasteiger partial charge in [-0.05, 0) is 6.07 Å². The number of benzene rings is 1. The van der Waals surface area contributed by atoms with Gasteiger partial charge in [-0.25, -0.2) is 0 Å². The predicted molar refractivity (Wildman–Crippen MR) is 51.6 cm³/mol. The van der Waals surface area contributed by atoms with Crippen LogP contribution in [0.4, 0.5) is 5.69 Å². The average molecular weight is 210 g/mol. The number of nitro groups is 1. The first kappa shape index (κ1) is 10.3. The summed E-state index contributed by atoms with van der Waals surface area (Å²) in [5.74, 6) is 0.130. The summed E-state index contributed by atoms with van der Waals surface area (Å²) in [7, 11) is 1.33. The number of rotatable bonds is 2. The van der Waals surface area contributed by atoms with E-state index in [0.717, 1.165) is 0 Å². The molecule has 14 heavy (non-hydrogen) atoms. The number of nitriles is 1. The molecule has 0 atom stereocenters. The van der Waals surface area contributed by atoms with Crippen LogP contribution in [-0.4, -0.2) is 12.0 Å². The van der Waals surface area contributed by atoms with Crippen molar-refractivity contribution in [3.05, 3.63) is 27.8 Å². The molecule has 0 bridgehead atoms. The number of ether oxygens (including phenoxy) is 1. The summed E-state index contributed by atoms with van der Waals surface area (Å²) in [5, 5.41) is 19.2. The fraction of sp³-hybridized carbons (Fsp3) is 0.125. The Morgan fingerprint density at radius 3 is 2.71 bits per heavy atom. The first-order valence-electron chi connectivity index (χ1n) is 3.56. The van der Waals surface area contributed by atoms with E-state index < -0.39 is 4.92 Å². The lowest BCUT2D eigenvalue weighted by atomic mass is 10.2. The maximum Gasteiger partial charge on any atom is 0.286 e. The van der Waals surface area contributed by atoms with E-state index in [1.807, 2.05) is 6.07 Å². The van der Waals surface area contributed by atoms with E-state index in [0.29, 0.717) is 0 Å². The van der Waals surface area contributed by atoms with Crippen molar-refractivity contribution in [1.29, 1.82) is 5.26 Å². The van der Waals surface area contributed by atoms with Gasteiger partial charge in [-0.1, -0.05) is 0 Å². The monoisotopic (exact) mass is 210 g/mol. The van der Waals surface area contributed by atoms with Crippen molar-refractivity contribution < 1.29 is 9.66 Å². The molecule has 0 saturated carbocycles. The van der Waals surface area contributed by atoms with E-state index in [4.69, 9.17) is 10.00 Å². The molecule has 0 unspecified atom stereocenters. The van der Waals surface area contributed by atoms with Crippen LogP contribution in [0, 0.1) is 21.4 Å². The zero-order valence-electron chi connectivity index (χ0n) is 7.22. The molecule has 5 nitrogen and oxygen atoms in total.